The Morgan fingerprint density at radius 2 is 2.25 bits per heavy atom. The number of hydrogen-bond acceptors (Lipinski definition) is 3. The third-order valence-electron chi connectivity index (χ3n) is 1.68. The first-order valence-corrected chi connectivity index (χ1v) is 4.01. The van der Waals surface area contributed by atoms with Gasteiger partial charge in [-0.2, -0.15) is 5.43 Å². The third-order valence-corrected chi connectivity index (χ3v) is 2.29. The number of nitrogens with one attached hydrogen (secondary N) is 1. The van der Waals surface area contributed by atoms with Crippen LogP contribution in [-0.4, -0.2) is 15.4 Å². The van der Waals surface area contributed by atoms with Crippen LogP contribution in [0.15, 0.2) is 11.3 Å². The summed E-state index contributed by atoms with van der Waals surface area (Å²) in [5.74, 6) is -0.569. The lowest BCUT2D eigenvalue weighted by molar-refractivity contribution is -0.114. The summed E-state index contributed by atoms with van der Waals surface area (Å²) in [4.78, 5) is 9.93. The largest absolute Gasteiger partial charge is 0.366 e. The summed E-state index contributed by atoms with van der Waals surface area (Å²) < 4.78 is 1.16. The van der Waals surface area contributed by atoms with Crippen LogP contribution in [0, 0.1) is 0 Å². The maximum Gasteiger partial charge on any atom is 0.249 e. The number of rotatable bonds is 1. The molecule has 1 amide bonds. The van der Waals surface area contributed by atoms with Crippen LogP contribution in [0.25, 0.3) is 0 Å². The number of alkyl halides is 1. The van der Waals surface area contributed by atoms with Crippen molar-refractivity contribution >= 4 is 29.3 Å². The van der Waals surface area contributed by atoms with Crippen LogP contribution >= 0.6 is 23.4 Å². The summed E-state index contributed by atoms with van der Waals surface area (Å²) >= 11 is 11.6. The van der Waals surface area contributed by atoms with Gasteiger partial charge >= 0.3 is 0 Å². The predicted octanol–water partition coefficient (Wildman–Crippen LogP) is 0.675. The molecule has 1 heterocycles. The fraction of sp³-hybridized carbons (Fsp3) is 0.500. The topological polar surface area (TPSA) is 58.4 Å². The highest BCUT2D eigenvalue weighted by atomic mass is 35.5. The number of hydrogen-bond donors (Lipinski definition) is 2. The Kier molecular flexibility index (Phi) is 2.25. The molecule has 0 radical (unpaired) electrons. The highest BCUT2D eigenvalue weighted by Crippen LogP contribution is 2.32. The van der Waals surface area contributed by atoms with Gasteiger partial charge in [-0.25, -0.2) is 4.53 Å². The fourth-order valence-corrected chi connectivity index (χ4v) is 1.78. The van der Waals surface area contributed by atoms with Crippen LogP contribution in [-0.2, 0) is 4.79 Å². The van der Waals surface area contributed by atoms with Crippen LogP contribution in [0.3, 0.4) is 0 Å². The summed E-state index contributed by atoms with van der Waals surface area (Å²) in [5.41, 5.74) is 8.60. The Labute approximate surface area is 80.4 Å². The Bertz CT molecular complexity index is 262. The Morgan fingerprint density at radius 3 is 2.42 bits per heavy atom. The van der Waals surface area contributed by atoms with Crippen molar-refractivity contribution < 1.29 is 4.79 Å². The van der Waals surface area contributed by atoms with Crippen molar-refractivity contribution in [1.82, 2.24) is 9.95 Å². The molecule has 0 saturated heterocycles. The van der Waals surface area contributed by atoms with Crippen LogP contribution in [0.5, 0.6) is 0 Å². The lowest BCUT2D eigenvalue weighted by Crippen LogP contribution is -2.40. The molecule has 1 aliphatic rings. The maximum absolute atomic E-state index is 10.9. The Morgan fingerprint density at radius 1 is 1.75 bits per heavy atom. The number of nitrogens with zero attached hydrogens (tertiary/aromatic N) is 1. The van der Waals surface area contributed by atoms with Gasteiger partial charge in [-0.1, -0.05) is 11.6 Å². The van der Waals surface area contributed by atoms with E-state index in [1.165, 1.54) is 0 Å². The van der Waals surface area contributed by atoms with E-state index in [9.17, 15) is 4.79 Å². The average molecular weight is 210 g/mol. The van der Waals surface area contributed by atoms with Crippen LogP contribution in [0.4, 0.5) is 0 Å². The predicted molar refractivity (Wildman–Crippen MR) is 47.0 cm³/mol. The van der Waals surface area contributed by atoms with E-state index >= 15 is 0 Å². The average Bonchev–Trinajstić information content (AvgIpc) is 2.01. The molecule has 1 rings (SSSR count). The molecule has 0 aromatic rings. The van der Waals surface area contributed by atoms with Crippen LogP contribution in [0.1, 0.15) is 13.8 Å². The van der Waals surface area contributed by atoms with E-state index in [0.717, 1.165) is 4.53 Å². The minimum atomic E-state index is -1.00. The zero-order valence-corrected chi connectivity index (χ0v) is 8.20. The van der Waals surface area contributed by atoms with E-state index in [2.05, 4.69) is 5.43 Å². The quantitative estimate of drug-likeness (QED) is 0.380. The van der Waals surface area contributed by atoms with Gasteiger partial charge in [0.2, 0.25) is 5.91 Å². The SMILES string of the molecule is CC1=C(C(N)=O)C(C)(Cl)NN1Cl. The summed E-state index contributed by atoms with van der Waals surface area (Å²) in [6.45, 7) is 3.27. The molecule has 3 N–H and O–H groups in total. The smallest absolute Gasteiger partial charge is 0.249 e. The molecule has 0 saturated carbocycles. The molecule has 6 heteroatoms. The zero-order chi connectivity index (χ0) is 9.52. The van der Waals surface area contributed by atoms with Crippen molar-refractivity contribution in [1.29, 1.82) is 0 Å². The highest BCUT2D eigenvalue weighted by molar-refractivity contribution is 6.30. The van der Waals surface area contributed by atoms with Gasteiger partial charge in [0, 0.05) is 11.8 Å². The van der Waals surface area contributed by atoms with Gasteiger partial charge in [-0.05, 0) is 13.8 Å². The molecule has 0 aromatic heterocycles. The van der Waals surface area contributed by atoms with Crippen molar-refractivity contribution in [2.75, 3.05) is 0 Å². The molecular formula is C6H9Cl2N3O. The maximum atomic E-state index is 10.9. The second-order valence-electron chi connectivity index (χ2n) is 2.72. The van der Waals surface area contributed by atoms with E-state index in [0.29, 0.717) is 11.3 Å². The van der Waals surface area contributed by atoms with E-state index in [1.54, 1.807) is 13.8 Å². The summed E-state index contributed by atoms with van der Waals surface area (Å²) in [6.07, 6.45) is 0. The number of carbonyl (C=O) groups excluding carboxylic acids is 1. The lowest BCUT2D eigenvalue weighted by Gasteiger charge is -2.18. The minimum Gasteiger partial charge on any atom is -0.366 e. The van der Waals surface area contributed by atoms with Crippen molar-refractivity contribution in [3.8, 4) is 0 Å². The molecule has 1 unspecified atom stereocenters. The van der Waals surface area contributed by atoms with E-state index < -0.39 is 10.9 Å². The zero-order valence-electron chi connectivity index (χ0n) is 6.69. The Balaban J connectivity index is 3.13. The first-order valence-electron chi connectivity index (χ1n) is 3.30. The molecule has 0 bridgehead atoms. The number of primary amides is 1. The van der Waals surface area contributed by atoms with Gasteiger partial charge in [0.25, 0.3) is 0 Å². The molecule has 68 valence electrons. The summed E-state index contributed by atoms with van der Waals surface area (Å²) in [6, 6.07) is 0. The number of amides is 1. The van der Waals surface area contributed by atoms with Gasteiger partial charge in [0.15, 0.2) is 0 Å². The fourth-order valence-electron chi connectivity index (χ4n) is 1.17. The molecule has 12 heavy (non-hydrogen) atoms. The van der Waals surface area contributed by atoms with Crippen molar-refractivity contribution in [3.05, 3.63) is 11.3 Å². The van der Waals surface area contributed by atoms with Gasteiger partial charge < -0.3 is 5.73 Å². The number of carbonyl (C=O) groups is 1. The standard InChI is InChI=1S/C6H9Cl2N3O/c1-3-4(5(9)12)6(2,7)10-11(3)8/h10H,1-2H3,(H2,9,12). The normalized spacial score (nSPS) is 29.8. The van der Waals surface area contributed by atoms with Gasteiger partial charge in [0.1, 0.15) is 5.00 Å². The molecule has 0 spiro atoms. The van der Waals surface area contributed by atoms with E-state index in [4.69, 9.17) is 29.1 Å². The molecular weight excluding hydrogens is 201 g/mol. The molecule has 1 atom stereocenters. The molecule has 1 aliphatic heterocycles. The van der Waals surface area contributed by atoms with Crippen molar-refractivity contribution in [2.24, 2.45) is 5.73 Å². The second kappa shape index (κ2) is 2.80. The lowest BCUT2D eigenvalue weighted by atomic mass is 10.1. The first-order chi connectivity index (χ1) is 5.36. The summed E-state index contributed by atoms with van der Waals surface area (Å²) in [7, 11) is 0. The number of allylic oxidation sites excluding steroid dienone is 1. The van der Waals surface area contributed by atoms with Gasteiger partial charge in [-0.3, -0.25) is 4.79 Å². The second-order valence-corrected chi connectivity index (χ2v) is 3.81. The molecule has 4 nitrogen and oxygen atoms in total. The van der Waals surface area contributed by atoms with Crippen molar-refractivity contribution in [2.45, 2.75) is 18.8 Å². The van der Waals surface area contributed by atoms with Gasteiger partial charge in [0.05, 0.1) is 11.3 Å². The minimum absolute atomic E-state index is 0.291. The van der Waals surface area contributed by atoms with E-state index in [1.807, 2.05) is 0 Å². The number of hydrazine groups is 1. The molecule has 0 aromatic carbocycles. The molecule has 0 aliphatic carbocycles. The number of nitrogens with two attached hydrogens (primary N) is 1. The van der Waals surface area contributed by atoms with Gasteiger partial charge in [-0.15, -0.1) is 0 Å². The highest BCUT2D eigenvalue weighted by Gasteiger charge is 2.40. The third kappa shape index (κ3) is 1.37. The summed E-state index contributed by atoms with van der Waals surface area (Å²) in [5, 5.41) is 0. The van der Waals surface area contributed by atoms with Crippen molar-refractivity contribution in [3.63, 3.8) is 0 Å². The van der Waals surface area contributed by atoms with Crippen LogP contribution < -0.4 is 11.2 Å². The van der Waals surface area contributed by atoms with E-state index in [-0.39, 0.29) is 0 Å². The van der Waals surface area contributed by atoms with Crippen LogP contribution in [0.2, 0.25) is 0 Å². The Hall–Kier alpha value is -0.450. The number of halogens is 2. The monoisotopic (exact) mass is 209 g/mol. The molecule has 0 fully saturated rings. The first kappa shape index (κ1) is 9.64.